The number of rotatable bonds is 5. The van der Waals surface area contributed by atoms with Crippen LogP contribution in [0.15, 0.2) is 48.0 Å². The Hall–Kier alpha value is -2.28. The highest BCUT2D eigenvalue weighted by Gasteiger charge is 2.28. The van der Waals surface area contributed by atoms with Crippen molar-refractivity contribution >= 4 is 28.8 Å². The van der Waals surface area contributed by atoms with Crippen LogP contribution in [0.2, 0.25) is 5.02 Å². The van der Waals surface area contributed by atoms with Crippen LogP contribution in [0.1, 0.15) is 53.9 Å². The number of aromatic nitrogens is 2. The van der Waals surface area contributed by atoms with Crippen LogP contribution in [0.5, 0.6) is 0 Å². The summed E-state index contributed by atoms with van der Waals surface area (Å²) < 4.78 is 5.88. The third-order valence-corrected chi connectivity index (χ3v) is 6.26. The van der Waals surface area contributed by atoms with Crippen molar-refractivity contribution in [3.05, 3.63) is 69.3 Å². The summed E-state index contributed by atoms with van der Waals surface area (Å²) in [7, 11) is 0. The number of thiazole rings is 1. The maximum Gasteiger partial charge on any atom is 0.270 e. The third-order valence-electron chi connectivity index (χ3n) is 4.93. The van der Waals surface area contributed by atoms with Gasteiger partial charge in [0.1, 0.15) is 10.7 Å². The molecule has 1 aliphatic heterocycles. The fourth-order valence-corrected chi connectivity index (χ4v) is 4.39. The lowest BCUT2D eigenvalue weighted by molar-refractivity contribution is 0.0905. The van der Waals surface area contributed by atoms with Gasteiger partial charge in [0.05, 0.1) is 17.3 Å². The summed E-state index contributed by atoms with van der Waals surface area (Å²) in [5.74, 6) is -0.243. The number of amides is 1. The second-order valence-electron chi connectivity index (χ2n) is 7.56. The van der Waals surface area contributed by atoms with Crippen molar-refractivity contribution in [3.8, 4) is 11.3 Å². The average molecular weight is 428 g/mol. The lowest BCUT2D eigenvalue weighted by Crippen LogP contribution is -2.41. The van der Waals surface area contributed by atoms with Crippen molar-refractivity contribution in [2.45, 2.75) is 38.3 Å². The Labute approximate surface area is 179 Å². The lowest BCUT2D eigenvalue weighted by atomic mass is 9.99. The van der Waals surface area contributed by atoms with Crippen LogP contribution in [0, 0.1) is 0 Å². The molecule has 0 radical (unpaired) electrons. The molecule has 150 valence electrons. The lowest BCUT2D eigenvalue weighted by Gasteiger charge is -2.24. The summed E-state index contributed by atoms with van der Waals surface area (Å²) in [4.78, 5) is 22.0. The zero-order valence-corrected chi connectivity index (χ0v) is 17.9. The van der Waals surface area contributed by atoms with Crippen LogP contribution in [-0.4, -0.2) is 22.5 Å². The third kappa shape index (κ3) is 4.34. The normalized spacial score (nSPS) is 16.7. The minimum Gasteiger partial charge on any atom is -0.373 e. The molecule has 1 aromatic carbocycles. The Bertz CT molecular complexity index is 1010. The Morgan fingerprint density at radius 1 is 1.31 bits per heavy atom. The van der Waals surface area contributed by atoms with Crippen LogP contribution >= 0.6 is 22.9 Å². The molecule has 4 rings (SSSR count). The number of pyridine rings is 1. The van der Waals surface area contributed by atoms with Crippen molar-refractivity contribution in [1.29, 1.82) is 0 Å². The molecule has 0 saturated carbocycles. The molecule has 3 heterocycles. The summed E-state index contributed by atoms with van der Waals surface area (Å²) in [6.07, 6.45) is 3.68. The van der Waals surface area contributed by atoms with E-state index in [1.54, 1.807) is 12.3 Å². The van der Waals surface area contributed by atoms with Crippen molar-refractivity contribution in [1.82, 2.24) is 15.3 Å². The second kappa shape index (κ2) is 8.22. The topological polar surface area (TPSA) is 64.1 Å². The first kappa shape index (κ1) is 20.0. The molecule has 1 aliphatic rings. The van der Waals surface area contributed by atoms with Crippen LogP contribution in [0.3, 0.4) is 0 Å². The molecule has 7 heteroatoms. The van der Waals surface area contributed by atoms with E-state index < -0.39 is 5.54 Å². The fourth-order valence-electron chi connectivity index (χ4n) is 3.48. The van der Waals surface area contributed by atoms with E-state index in [0.717, 1.165) is 41.3 Å². The van der Waals surface area contributed by atoms with Gasteiger partial charge in [-0.3, -0.25) is 4.79 Å². The smallest absolute Gasteiger partial charge is 0.270 e. The number of hydrogen-bond acceptors (Lipinski definition) is 5. The van der Waals surface area contributed by atoms with Crippen molar-refractivity contribution in [2.75, 3.05) is 6.61 Å². The Kier molecular flexibility index (Phi) is 5.67. The predicted molar refractivity (Wildman–Crippen MR) is 115 cm³/mol. The Balaban J connectivity index is 1.69. The molecule has 1 atom stereocenters. The maximum absolute atomic E-state index is 13.0. The molecular weight excluding hydrogens is 406 g/mol. The number of halogens is 1. The van der Waals surface area contributed by atoms with Gasteiger partial charge in [-0.05, 0) is 44.9 Å². The van der Waals surface area contributed by atoms with Gasteiger partial charge in [-0.15, -0.1) is 11.3 Å². The van der Waals surface area contributed by atoms with Crippen molar-refractivity contribution in [2.24, 2.45) is 0 Å². The SMILES string of the molecule is CC(C)(NC(=O)c1ccc(C2CCCO2)c(-c2cccc(Cl)c2)n1)c1nccs1. The van der Waals surface area contributed by atoms with Crippen LogP contribution in [0.4, 0.5) is 0 Å². The van der Waals surface area contributed by atoms with Gasteiger partial charge in [0.2, 0.25) is 0 Å². The van der Waals surface area contributed by atoms with Crippen LogP contribution in [-0.2, 0) is 10.3 Å². The van der Waals surface area contributed by atoms with Crippen LogP contribution in [0.25, 0.3) is 11.3 Å². The zero-order chi connectivity index (χ0) is 20.4. The highest BCUT2D eigenvalue weighted by Crippen LogP contribution is 2.35. The minimum absolute atomic E-state index is 0.0136. The van der Waals surface area contributed by atoms with Gasteiger partial charge in [0.25, 0.3) is 5.91 Å². The first-order valence-electron chi connectivity index (χ1n) is 9.55. The second-order valence-corrected chi connectivity index (χ2v) is 8.89. The summed E-state index contributed by atoms with van der Waals surface area (Å²) in [6.45, 7) is 4.61. The number of nitrogens with zero attached hydrogens (tertiary/aromatic N) is 2. The van der Waals surface area contributed by atoms with E-state index in [1.165, 1.54) is 11.3 Å². The molecular formula is C22H22ClN3O2S. The molecule has 2 aromatic heterocycles. The van der Waals surface area contributed by atoms with E-state index in [0.29, 0.717) is 10.7 Å². The van der Waals surface area contributed by atoms with E-state index in [1.807, 2.05) is 49.6 Å². The molecule has 0 aliphatic carbocycles. The molecule has 1 amide bonds. The minimum atomic E-state index is -0.587. The van der Waals surface area contributed by atoms with Gasteiger partial charge in [-0.1, -0.05) is 29.8 Å². The number of nitrogens with one attached hydrogen (secondary N) is 1. The number of carbonyl (C=O) groups excluding carboxylic acids is 1. The summed E-state index contributed by atoms with van der Waals surface area (Å²) >= 11 is 7.72. The van der Waals surface area contributed by atoms with E-state index in [2.05, 4.69) is 10.3 Å². The molecule has 0 spiro atoms. The molecule has 3 aromatic rings. The Morgan fingerprint density at radius 3 is 2.86 bits per heavy atom. The molecule has 0 bridgehead atoms. The van der Waals surface area contributed by atoms with Gasteiger partial charge in [0.15, 0.2) is 0 Å². The fraction of sp³-hybridized carbons (Fsp3) is 0.318. The van der Waals surface area contributed by atoms with Crippen molar-refractivity contribution in [3.63, 3.8) is 0 Å². The maximum atomic E-state index is 13.0. The molecule has 1 fully saturated rings. The molecule has 1 saturated heterocycles. The van der Waals surface area contributed by atoms with E-state index in [-0.39, 0.29) is 12.0 Å². The van der Waals surface area contributed by atoms with E-state index >= 15 is 0 Å². The van der Waals surface area contributed by atoms with Crippen LogP contribution < -0.4 is 5.32 Å². The summed E-state index contributed by atoms with van der Waals surface area (Å²) in [6, 6.07) is 11.2. The summed E-state index contributed by atoms with van der Waals surface area (Å²) in [5, 5.41) is 6.41. The summed E-state index contributed by atoms with van der Waals surface area (Å²) in [5.41, 5.74) is 2.36. The first-order chi connectivity index (χ1) is 13.9. The predicted octanol–water partition coefficient (Wildman–Crippen LogP) is 5.38. The van der Waals surface area contributed by atoms with E-state index in [9.17, 15) is 4.79 Å². The standard InChI is InChI=1S/C22H22ClN3O2S/c1-22(2,21-24-10-12-29-21)26-20(27)17-9-8-16(18-7-4-11-28-18)19(25-17)14-5-3-6-15(23)13-14/h3,5-6,8-10,12-13,18H,4,7,11H2,1-2H3,(H,26,27). The highest BCUT2D eigenvalue weighted by atomic mass is 35.5. The molecule has 29 heavy (non-hydrogen) atoms. The van der Waals surface area contributed by atoms with Gasteiger partial charge < -0.3 is 10.1 Å². The molecule has 1 unspecified atom stereocenters. The number of ether oxygens (including phenoxy) is 1. The van der Waals surface area contributed by atoms with Crippen molar-refractivity contribution < 1.29 is 9.53 Å². The quantitative estimate of drug-likeness (QED) is 0.594. The highest BCUT2D eigenvalue weighted by molar-refractivity contribution is 7.09. The van der Waals surface area contributed by atoms with Gasteiger partial charge in [0, 0.05) is 34.3 Å². The molecule has 1 N–H and O–H groups in total. The van der Waals surface area contributed by atoms with Gasteiger partial charge in [-0.25, -0.2) is 9.97 Å². The van der Waals surface area contributed by atoms with Gasteiger partial charge >= 0.3 is 0 Å². The largest absolute Gasteiger partial charge is 0.373 e. The number of carbonyl (C=O) groups is 1. The molecule has 5 nitrogen and oxygen atoms in total. The number of hydrogen-bond donors (Lipinski definition) is 1. The zero-order valence-electron chi connectivity index (χ0n) is 16.3. The first-order valence-corrected chi connectivity index (χ1v) is 10.8. The number of benzene rings is 1. The monoisotopic (exact) mass is 427 g/mol. The van der Waals surface area contributed by atoms with Gasteiger partial charge in [-0.2, -0.15) is 0 Å². The average Bonchev–Trinajstić information content (AvgIpc) is 3.41. The van der Waals surface area contributed by atoms with E-state index in [4.69, 9.17) is 21.3 Å². The Morgan fingerprint density at radius 2 is 2.17 bits per heavy atom.